The Bertz CT molecular complexity index is 1130. The molecular formula is C19H17FN6O3S. The molecule has 3 aliphatic rings. The molecule has 1 amide bonds. The molecule has 1 saturated heterocycles. The number of halogens is 1. The third kappa shape index (κ3) is 2.65. The molecule has 1 fully saturated rings. The third-order valence-corrected chi connectivity index (χ3v) is 6.28. The van der Waals surface area contributed by atoms with Crippen LogP contribution in [0.4, 0.5) is 20.6 Å². The van der Waals surface area contributed by atoms with Gasteiger partial charge in [0.1, 0.15) is 18.6 Å². The molecule has 9 nitrogen and oxygen atoms in total. The minimum Gasteiger partial charge on any atom is -0.472 e. The first-order valence-electron chi connectivity index (χ1n) is 9.56. The van der Waals surface area contributed by atoms with E-state index in [1.807, 2.05) is 24.2 Å². The van der Waals surface area contributed by atoms with Crippen molar-refractivity contribution >= 4 is 29.2 Å². The van der Waals surface area contributed by atoms with Crippen LogP contribution < -0.4 is 14.5 Å². The number of aromatic nitrogens is 4. The van der Waals surface area contributed by atoms with E-state index in [-0.39, 0.29) is 18.5 Å². The predicted octanol–water partition coefficient (Wildman–Crippen LogP) is 2.26. The maximum atomic E-state index is 15.0. The summed E-state index contributed by atoms with van der Waals surface area (Å²) in [5.41, 5.74) is 4.11. The van der Waals surface area contributed by atoms with Crippen molar-refractivity contribution < 1.29 is 18.7 Å². The van der Waals surface area contributed by atoms with Gasteiger partial charge in [-0.3, -0.25) is 9.58 Å². The highest BCUT2D eigenvalue weighted by molar-refractivity contribution is 6.99. The van der Waals surface area contributed by atoms with Gasteiger partial charge in [-0.05, 0) is 18.1 Å². The Hall–Kier alpha value is -3.21. The monoisotopic (exact) mass is 428 g/mol. The molecular weight excluding hydrogens is 411 g/mol. The fourth-order valence-electron chi connectivity index (χ4n) is 4.51. The number of hydrogen-bond donors (Lipinski definition) is 0. The van der Waals surface area contributed by atoms with E-state index in [1.54, 1.807) is 4.68 Å². The molecule has 0 bridgehead atoms. The van der Waals surface area contributed by atoms with Gasteiger partial charge < -0.3 is 14.4 Å². The van der Waals surface area contributed by atoms with Gasteiger partial charge in [-0.15, -0.1) is 4.37 Å². The second kappa shape index (κ2) is 6.39. The van der Waals surface area contributed by atoms with Crippen molar-refractivity contribution in [3.8, 4) is 5.88 Å². The Morgan fingerprint density at radius 3 is 3.00 bits per heavy atom. The van der Waals surface area contributed by atoms with E-state index >= 15 is 4.39 Å². The lowest BCUT2D eigenvalue weighted by atomic mass is 10.1. The van der Waals surface area contributed by atoms with Crippen LogP contribution in [0.15, 0.2) is 24.5 Å². The van der Waals surface area contributed by atoms with E-state index in [0.717, 1.165) is 28.5 Å². The molecule has 0 radical (unpaired) electrons. The van der Waals surface area contributed by atoms with Crippen molar-refractivity contribution in [2.45, 2.75) is 31.7 Å². The molecule has 3 aromatic rings. The van der Waals surface area contributed by atoms with Gasteiger partial charge in [0.2, 0.25) is 5.88 Å². The van der Waals surface area contributed by atoms with Crippen LogP contribution in [0.1, 0.15) is 16.8 Å². The number of ether oxygens (including phenoxy) is 2. The molecule has 11 heteroatoms. The van der Waals surface area contributed by atoms with Gasteiger partial charge in [0, 0.05) is 31.4 Å². The van der Waals surface area contributed by atoms with Crippen LogP contribution in [0, 0.1) is 5.82 Å². The van der Waals surface area contributed by atoms with Gasteiger partial charge >= 0.3 is 6.09 Å². The first kappa shape index (κ1) is 17.6. The molecule has 5 heterocycles. The second-order valence-corrected chi connectivity index (χ2v) is 8.24. The average molecular weight is 428 g/mol. The Balaban J connectivity index is 1.24. The zero-order chi connectivity index (χ0) is 20.4. The SMILES string of the molecule is Cn1cc2c(n1)CN(c1cc3c(cc1F)N1C(=O)OC(COc4cnsn4)[C@@H]1C3)C2. The molecule has 0 saturated carbocycles. The highest BCUT2D eigenvalue weighted by Crippen LogP contribution is 2.42. The number of anilines is 2. The number of hydrogen-bond acceptors (Lipinski definition) is 8. The molecule has 1 unspecified atom stereocenters. The molecule has 30 heavy (non-hydrogen) atoms. The van der Waals surface area contributed by atoms with Crippen LogP contribution in [-0.4, -0.2) is 43.4 Å². The topological polar surface area (TPSA) is 85.6 Å². The number of amides is 1. The zero-order valence-corrected chi connectivity index (χ0v) is 16.8. The maximum absolute atomic E-state index is 15.0. The quantitative estimate of drug-likeness (QED) is 0.630. The van der Waals surface area contributed by atoms with Crippen molar-refractivity contribution in [3.05, 3.63) is 47.2 Å². The third-order valence-electron chi connectivity index (χ3n) is 5.82. The van der Waals surface area contributed by atoms with Gasteiger partial charge in [0.05, 0.1) is 41.4 Å². The fourth-order valence-corrected chi connectivity index (χ4v) is 4.87. The van der Waals surface area contributed by atoms with Gasteiger partial charge in [0.25, 0.3) is 0 Å². The second-order valence-electron chi connectivity index (χ2n) is 7.68. The number of aryl methyl sites for hydroxylation is 1. The molecule has 0 aliphatic carbocycles. The molecule has 2 aromatic heterocycles. The lowest BCUT2D eigenvalue weighted by Crippen LogP contribution is -2.36. The van der Waals surface area contributed by atoms with Crippen LogP contribution >= 0.6 is 11.7 Å². The molecule has 0 spiro atoms. The minimum atomic E-state index is -0.478. The summed E-state index contributed by atoms with van der Waals surface area (Å²) in [6.45, 7) is 1.36. The van der Waals surface area contributed by atoms with E-state index in [0.29, 0.717) is 36.8 Å². The fraction of sp³-hybridized carbons (Fsp3) is 0.368. The molecule has 154 valence electrons. The summed E-state index contributed by atoms with van der Waals surface area (Å²) < 4.78 is 35.8. The number of nitrogens with zero attached hydrogens (tertiary/aromatic N) is 6. The summed E-state index contributed by atoms with van der Waals surface area (Å²) in [4.78, 5) is 16.0. The average Bonchev–Trinajstić information content (AvgIpc) is 3.48. The Morgan fingerprint density at radius 1 is 1.30 bits per heavy atom. The van der Waals surface area contributed by atoms with Gasteiger partial charge in [0.15, 0.2) is 6.10 Å². The Morgan fingerprint density at radius 2 is 2.20 bits per heavy atom. The van der Waals surface area contributed by atoms with E-state index in [4.69, 9.17) is 9.47 Å². The van der Waals surface area contributed by atoms with Crippen molar-refractivity contribution in [3.63, 3.8) is 0 Å². The van der Waals surface area contributed by atoms with Crippen molar-refractivity contribution in [2.24, 2.45) is 7.05 Å². The maximum Gasteiger partial charge on any atom is 0.415 e. The standard InChI is InChI=1S/C19H17FN6O3S/c1-24-6-11-7-25(8-13(11)22-24)15-2-10-3-16-17(9-28-18-5-21-30-23-18)29-19(27)26(16)14(10)4-12(15)20/h2,4-6,16-17H,3,7-9H2,1H3/t16-,17?/m0/s1. The van der Waals surface area contributed by atoms with Crippen LogP contribution in [0.2, 0.25) is 0 Å². The molecule has 3 aliphatic heterocycles. The normalized spacial score (nSPS) is 21.6. The smallest absolute Gasteiger partial charge is 0.415 e. The summed E-state index contributed by atoms with van der Waals surface area (Å²) in [5, 5.41) is 4.44. The number of cyclic esters (lactones) is 1. The predicted molar refractivity (Wildman–Crippen MR) is 105 cm³/mol. The Kier molecular flexibility index (Phi) is 3.76. The molecule has 6 rings (SSSR count). The summed E-state index contributed by atoms with van der Waals surface area (Å²) in [5.74, 6) is 0.0470. The Labute approximate surface area is 174 Å². The first-order valence-corrected chi connectivity index (χ1v) is 10.3. The molecule has 2 atom stereocenters. The van der Waals surface area contributed by atoms with E-state index in [2.05, 4.69) is 13.8 Å². The number of carbonyl (C=O) groups excluding carboxylic acids is 1. The summed E-state index contributed by atoms with van der Waals surface area (Å²) in [6, 6.07) is 3.06. The van der Waals surface area contributed by atoms with E-state index < -0.39 is 12.2 Å². The summed E-state index contributed by atoms with van der Waals surface area (Å²) >= 11 is 1.05. The van der Waals surface area contributed by atoms with E-state index in [9.17, 15) is 4.79 Å². The van der Waals surface area contributed by atoms with Crippen LogP contribution in [0.25, 0.3) is 0 Å². The zero-order valence-electron chi connectivity index (χ0n) is 16.0. The number of benzene rings is 1. The molecule has 0 N–H and O–H groups in total. The summed E-state index contributed by atoms with van der Waals surface area (Å²) in [6.07, 6.45) is 3.13. The minimum absolute atomic E-state index is 0.176. The summed E-state index contributed by atoms with van der Waals surface area (Å²) in [7, 11) is 1.88. The largest absolute Gasteiger partial charge is 0.472 e. The van der Waals surface area contributed by atoms with Gasteiger partial charge in [-0.25, -0.2) is 9.18 Å². The number of rotatable bonds is 4. The number of fused-ring (bicyclic) bond motifs is 4. The van der Waals surface area contributed by atoms with Crippen molar-refractivity contribution in [2.75, 3.05) is 16.4 Å². The highest BCUT2D eigenvalue weighted by atomic mass is 32.1. The lowest BCUT2D eigenvalue weighted by Gasteiger charge is -2.20. The lowest BCUT2D eigenvalue weighted by molar-refractivity contribution is 0.0905. The van der Waals surface area contributed by atoms with Gasteiger partial charge in [-0.2, -0.15) is 9.47 Å². The van der Waals surface area contributed by atoms with E-state index in [1.165, 1.54) is 17.2 Å². The van der Waals surface area contributed by atoms with Gasteiger partial charge in [-0.1, -0.05) is 0 Å². The van der Waals surface area contributed by atoms with Crippen LogP contribution in [-0.2, 0) is 31.3 Å². The molecule has 1 aromatic carbocycles. The van der Waals surface area contributed by atoms with Crippen molar-refractivity contribution in [1.29, 1.82) is 0 Å². The van der Waals surface area contributed by atoms with Crippen LogP contribution in [0.3, 0.4) is 0 Å². The van der Waals surface area contributed by atoms with Crippen molar-refractivity contribution in [1.82, 2.24) is 18.5 Å². The number of carbonyl (C=O) groups is 1. The highest BCUT2D eigenvalue weighted by Gasteiger charge is 2.48. The first-order chi connectivity index (χ1) is 14.6. The van der Waals surface area contributed by atoms with Crippen LogP contribution in [0.5, 0.6) is 5.88 Å².